The zero-order valence-electron chi connectivity index (χ0n) is 15.6. The van der Waals surface area contributed by atoms with Gasteiger partial charge in [-0.3, -0.25) is 10.00 Å². The van der Waals surface area contributed by atoms with Gasteiger partial charge in [0.05, 0.1) is 11.4 Å². The molecule has 2 aromatic rings. The van der Waals surface area contributed by atoms with E-state index in [4.69, 9.17) is 10.5 Å². The highest BCUT2D eigenvalue weighted by Crippen LogP contribution is 2.30. The molecule has 0 radical (unpaired) electrons. The van der Waals surface area contributed by atoms with E-state index < -0.39 is 0 Å². The molecule has 140 valence electrons. The second-order valence-electron chi connectivity index (χ2n) is 7.61. The SMILES string of the molecule is CC(C)(C)N(C(=O)Oc1ccc(-c2ccn[nH]2)cc1N)C1CCNCC1. The molecule has 1 aromatic heterocycles. The summed E-state index contributed by atoms with van der Waals surface area (Å²) in [6, 6.07) is 7.39. The van der Waals surface area contributed by atoms with Gasteiger partial charge in [0.25, 0.3) is 0 Å². The molecule has 0 unspecified atom stereocenters. The van der Waals surface area contributed by atoms with Crippen LogP contribution in [-0.4, -0.2) is 45.9 Å². The van der Waals surface area contributed by atoms with E-state index in [1.165, 1.54) is 0 Å². The van der Waals surface area contributed by atoms with Gasteiger partial charge in [-0.25, -0.2) is 4.79 Å². The number of aromatic nitrogens is 2. The van der Waals surface area contributed by atoms with Gasteiger partial charge in [0.2, 0.25) is 0 Å². The molecule has 1 aromatic carbocycles. The van der Waals surface area contributed by atoms with E-state index in [1.807, 2.05) is 37.8 Å². The maximum atomic E-state index is 12.9. The molecule has 2 heterocycles. The number of rotatable bonds is 3. The first kappa shape index (κ1) is 18.3. The summed E-state index contributed by atoms with van der Waals surface area (Å²) in [5, 5.41) is 10.2. The summed E-state index contributed by atoms with van der Waals surface area (Å²) < 4.78 is 5.68. The monoisotopic (exact) mass is 357 g/mol. The largest absolute Gasteiger partial charge is 0.415 e. The van der Waals surface area contributed by atoms with Crippen LogP contribution in [0.3, 0.4) is 0 Å². The molecule has 3 rings (SSSR count). The van der Waals surface area contributed by atoms with Crippen molar-refractivity contribution in [1.82, 2.24) is 20.4 Å². The molecule has 1 fully saturated rings. The summed E-state index contributed by atoms with van der Waals surface area (Å²) in [6.45, 7) is 7.90. The van der Waals surface area contributed by atoms with Gasteiger partial charge in [0.1, 0.15) is 0 Å². The minimum absolute atomic E-state index is 0.161. The van der Waals surface area contributed by atoms with Gasteiger partial charge in [0, 0.05) is 23.3 Å². The highest BCUT2D eigenvalue weighted by molar-refractivity contribution is 5.76. The smallest absolute Gasteiger partial charge is 0.408 e. The number of nitrogens with one attached hydrogen (secondary N) is 2. The standard InChI is InChI=1S/C19H27N5O2/c1-19(2,3)24(14-6-9-21-10-7-14)18(25)26-17-5-4-13(12-15(17)20)16-8-11-22-23-16/h4-5,8,11-12,14,21H,6-7,9-10,20H2,1-3H3,(H,22,23). The molecule has 7 heteroatoms. The first-order valence-corrected chi connectivity index (χ1v) is 8.97. The lowest BCUT2D eigenvalue weighted by molar-refractivity contribution is 0.0646. The number of benzene rings is 1. The summed E-state index contributed by atoms with van der Waals surface area (Å²) in [5.41, 5.74) is 7.97. The lowest BCUT2D eigenvalue weighted by Gasteiger charge is -2.42. The van der Waals surface area contributed by atoms with Gasteiger partial charge in [-0.05, 0) is 71.0 Å². The van der Waals surface area contributed by atoms with Crippen molar-refractivity contribution in [3.8, 4) is 17.0 Å². The number of nitrogen functional groups attached to an aromatic ring is 1. The van der Waals surface area contributed by atoms with Crippen LogP contribution in [0.25, 0.3) is 11.3 Å². The summed E-state index contributed by atoms with van der Waals surface area (Å²) >= 11 is 0. The summed E-state index contributed by atoms with van der Waals surface area (Å²) in [4.78, 5) is 14.8. The Balaban J connectivity index is 1.78. The van der Waals surface area contributed by atoms with Crippen molar-refractivity contribution in [2.24, 2.45) is 0 Å². The fraction of sp³-hybridized carbons (Fsp3) is 0.474. The molecule has 26 heavy (non-hydrogen) atoms. The van der Waals surface area contributed by atoms with Crippen LogP contribution < -0.4 is 15.8 Å². The van der Waals surface area contributed by atoms with Gasteiger partial charge in [-0.1, -0.05) is 0 Å². The van der Waals surface area contributed by atoms with E-state index in [2.05, 4.69) is 15.5 Å². The Morgan fingerprint density at radius 1 is 1.27 bits per heavy atom. The van der Waals surface area contributed by atoms with E-state index in [0.29, 0.717) is 11.4 Å². The number of ether oxygens (including phenoxy) is 1. The number of hydrogen-bond donors (Lipinski definition) is 3. The van der Waals surface area contributed by atoms with Gasteiger partial charge in [0.15, 0.2) is 5.75 Å². The quantitative estimate of drug-likeness (QED) is 0.734. The summed E-state index contributed by atoms with van der Waals surface area (Å²) in [5.74, 6) is 0.376. The van der Waals surface area contributed by atoms with Crippen molar-refractivity contribution < 1.29 is 9.53 Å². The number of amides is 1. The Hall–Kier alpha value is -2.54. The van der Waals surface area contributed by atoms with Crippen molar-refractivity contribution >= 4 is 11.8 Å². The first-order valence-electron chi connectivity index (χ1n) is 8.97. The van der Waals surface area contributed by atoms with E-state index >= 15 is 0 Å². The van der Waals surface area contributed by atoms with Crippen LogP contribution in [0.5, 0.6) is 5.75 Å². The van der Waals surface area contributed by atoms with Crippen molar-refractivity contribution in [1.29, 1.82) is 0 Å². The maximum Gasteiger partial charge on any atom is 0.415 e. The molecule has 1 saturated heterocycles. The molecule has 1 amide bonds. The normalized spacial score (nSPS) is 15.7. The highest BCUT2D eigenvalue weighted by atomic mass is 16.6. The van der Waals surface area contributed by atoms with Crippen molar-refractivity contribution in [3.05, 3.63) is 30.5 Å². The Morgan fingerprint density at radius 2 is 2.00 bits per heavy atom. The second-order valence-corrected chi connectivity index (χ2v) is 7.61. The van der Waals surface area contributed by atoms with Crippen molar-refractivity contribution in [2.45, 2.75) is 45.2 Å². The second kappa shape index (κ2) is 7.37. The fourth-order valence-corrected chi connectivity index (χ4v) is 3.40. The van der Waals surface area contributed by atoms with Crippen molar-refractivity contribution in [3.63, 3.8) is 0 Å². The minimum atomic E-state index is -0.356. The predicted molar refractivity (Wildman–Crippen MR) is 102 cm³/mol. The molecule has 0 atom stereocenters. The molecule has 0 saturated carbocycles. The third kappa shape index (κ3) is 3.99. The molecule has 0 spiro atoms. The molecular weight excluding hydrogens is 330 g/mol. The predicted octanol–water partition coefficient (Wildman–Crippen LogP) is 3.01. The number of H-pyrrole nitrogens is 1. The zero-order valence-corrected chi connectivity index (χ0v) is 15.6. The van der Waals surface area contributed by atoms with Crippen LogP contribution >= 0.6 is 0 Å². The lowest BCUT2D eigenvalue weighted by atomic mass is 9.98. The molecular formula is C19H27N5O2. The van der Waals surface area contributed by atoms with E-state index in [1.54, 1.807) is 18.3 Å². The molecule has 0 bridgehead atoms. The van der Waals surface area contributed by atoms with E-state index in [9.17, 15) is 4.79 Å². The third-order valence-electron chi connectivity index (χ3n) is 4.61. The molecule has 1 aliphatic rings. The lowest BCUT2D eigenvalue weighted by Crippen LogP contribution is -2.55. The van der Waals surface area contributed by atoms with Crippen LogP contribution in [-0.2, 0) is 0 Å². The van der Waals surface area contributed by atoms with Crippen LogP contribution in [0.15, 0.2) is 30.5 Å². The Kier molecular flexibility index (Phi) is 5.18. The van der Waals surface area contributed by atoms with Crippen molar-refractivity contribution in [2.75, 3.05) is 18.8 Å². The number of carbonyl (C=O) groups excluding carboxylic acids is 1. The Morgan fingerprint density at radius 3 is 2.58 bits per heavy atom. The fourth-order valence-electron chi connectivity index (χ4n) is 3.40. The number of carbonyl (C=O) groups is 1. The van der Waals surface area contributed by atoms with Crippen LogP contribution in [0.4, 0.5) is 10.5 Å². The first-order chi connectivity index (χ1) is 12.4. The zero-order chi connectivity index (χ0) is 18.7. The summed E-state index contributed by atoms with van der Waals surface area (Å²) in [6.07, 6.45) is 3.16. The maximum absolute atomic E-state index is 12.9. The van der Waals surface area contributed by atoms with E-state index in [0.717, 1.165) is 37.2 Å². The average Bonchev–Trinajstić information content (AvgIpc) is 3.11. The highest BCUT2D eigenvalue weighted by Gasteiger charge is 2.35. The molecule has 1 aliphatic heterocycles. The van der Waals surface area contributed by atoms with Crippen LogP contribution in [0.1, 0.15) is 33.6 Å². The van der Waals surface area contributed by atoms with Gasteiger partial charge < -0.3 is 15.8 Å². The third-order valence-corrected chi connectivity index (χ3v) is 4.61. The minimum Gasteiger partial charge on any atom is -0.408 e. The average molecular weight is 357 g/mol. The van der Waals surface area contributed by atoms with Gasteiger partial charge in [-0.2, -0.15) is 5.10 Å². The van der Waals surface area contributed by atoms with Crippen LogP contribution in [0.2, 0.25) is 0 Å². The number of nitrogens with zero attached hydrogens (tertiary/aromatic N) is 2. The number of aromatic amines is 1. The Bertz CT molecular complexity index is 746. The Labute approximate surface area is 153 Å². The molecule has 4 N–H and O–H groups in total. The van der Waals surface area contributed by atoms with E-state index in [-0.39, 0.29) is 17.7 Å². The van der Waals surface area contributed by atoms with Gasteiger partial charge >= 0.3 is 6.09 Å². The molecule has 7 nitrogen and oxygen atoms in total. The number of piperidine rings is 1. The molecule has 0 aliphatic carbocycles. The van der Waals surface area contributed by atoms with Crippen LogP contribution in [0, 0.1) is 0 Å². The number of nitrogens with two attached hydrogens (primary N) is 1. The van der Waals surface area contributed by atoms with Gasteiger partial charge in [-0.15, -0.1) is 0 Å². The number of anilines is 1. The number of hydrogen-bond acceptors (Lipinski definition) is 5. The summed E-state index contributed by atoms with van der Waals surface area (Å²) in [7, 11) is 0. The topological polar surface area (TPSA) is 96.3 Å².